The molecule has 0 aromatic heterocycles. The first-order valence-electron chi connectivity index (χ1n) is 7.17. The van der Waals surface area contributed by atoms with Gasteiger partial charge in [0.15, 0.2) is 11.6 Å². The molecule has 2 heteroatoms. The van der Waals surface area contributed by atoms with Crippen LogP contribution in [0.2, 0.25) is 0 Å². The van der Waals surface area contributed by atoms with Crippen molar-refractivity contribution in [1.29, 1.82) is 0 Å². The Hall–Kier alpha value is -1.96. The van der Waals surface area contributed by atoms with Crippen LogP contribution in [0.3, 0.4) is 0 Å². The zero-order chi connectivity index (χ0) is 14.8. The first-order chi connectivity index (χ1) is 9.69. The van der Waals surface area contributed by atoms with Crippen molar-refractivity contribution in [3.63, 3.8) is 0 Å². The molecule has 0 aliphatic rings. The summed E-state index contributed by atoms with van der Waals surface area (Å²) in [5.74, 6) is 0.140. The molecule has 0 radical (unpaired) electrons. The number of hydrogen-bond donors (Lipinski definition) is 0. The highest BCUT2D eigenvalue weighted by Crippen LogP contribution is 2.12. The molecule has 0 saturated carbocycles. The van der Waals surface area contributed by atoms with Gasteiger partial charge < -0.3 is 0 Å². The molecule has 0 aliphatic heterocycles. The van der Waals surface area contributed by atoms with Gasteiger partial charge in [-0.3, -0.25) is 9.59 Å². The normalized spacial score (nSPS) is 11.3. The summed E-state index contributed by atoms with van der Waals surface area (Å²) in [6.45, 7) is 3.92. The van der Waals surface area contributed by atoms with Gasteiger partial charge in [0.1, 0.15) is 0 Å². The summed E-state index contributed by atoms with van der Waals surface area (Å²) in [6.07, 6.45) is 10.0. The van der Waals surface area contributed by atoms with Crippen LogP contribution in [-0.4, -0.2) is 11.6 Å². The molecule has 2 nitrogen and oxygen atoms in total. The molecule has 0 bridgehead atoms. The number of hydrogen-bond acceptors (Lipinski definition) is 2. The standard InChI is InChI=1S/C18H22O2/c1-3-5-6-14-18(20)17-13-8-7-10-15(17)11-9-12-16(19)4-2/h6-10,12-14H,3-5,11H2,1-2H3/b12-9+,14-6+. The molecule has 0 saturated heterocycles. The average molecular weight is 270 g/mol. The molecule has 1 aromatic rings. The van der Waals surface area contributed by atoms with Gasteiger partial charge in [-0.2, -0.15) is 0 Å². The zero-order valence-electron chi connectivity index (χ0n) is 12.3. The third-order valence-corrected chi connectivity index (χ3v) is 3.00. The molecule has 0 unspecified atom stereocenters. The fourth-order valence-electron chi connectivity index (χ4n) is 1.82. The molecule has 0 aliphatic carbocycles. The number of allylic oxidation sites excluding steroid dienone is 4. The van der Waals surface area contributed by atoms with Crippen LogP contribution in [0, 0.1) is 0 Å². The minimum absolute atomic E-state index is 0.0317. The summed E-state index contributed by atoms with van der Waals surface area (Å²) in [5, 5.41) is 0. The fourth-order valence-corrected chi connectivity index (χ4v) is 1.82. The van der Waals surface area contributed by atoms with E-state index in [9.17, 15) is 9.59 Å². The van der Waals surface area contributed by atoms with Crippen LogP contribution in [0.15, 0.2) is 48.6 Å². The van der Waals surface area contributed by atoms with Gasteiger partial charge in [0.25, 0.3) is 0 Å². The lowest BCUT2D eigenvalue weighted by molar-refractivity contribution is -0.114. The SMILES string of the molecule is CCC/C=C/C(=O)c1ccccc1C/C=C/C(=O)CC. The maximum absolute atomic E-state index is 12.1. The zero-order valence-corrected chi connectivity index (χ0v) is 12.3. The summed E-state index contributed by atoms with van der Waals surface area (Å²) in [4.78, 5) is 23.3. The molecule has 0 fully saturated rings. The second-order valence-corrected chi connectivity index (χ2v) is 4.64. The van der Waals surface area contributed by atoms with Crippen molar-refractivity contribution < 1.29 is 9.59 Å². The van der Waals surface area contributed by atoms with Crippen LogP contribution in [0.25, 0.3) is 0 Å². The van der Waals surface area contributed by atoms with E-state index in [1.54, 1.807) is 12.2 Å². The largest absolute Gasteiger partial charge is 0.295 e. The van der Waals surface area contributed by atoms with Gasteiger partial charge in [-0.1, -0.05) is 56.7 Å². The lowest BCUT2D eigenvalue weighted by atomic mass is 10.00. The van der Waals surface area contributed by atoms with Gasteiger partial charge >= 0.3 is 0 Å². The molecule has 0 atom stereocenters. The Morgan fingerprint density at radius 3 is 2.50 bits per heavy atom. The van der Waals surface area contributed by atoms with Gasteiger partial charge in [-0.15, -0.1) is 0 Å². The van der Waals surface area contributed by atoms with E-state index in [1.807, 2.05) is 43.3 Å². The molecule has 1 rings (SSSR count). The van der Waals surface area contributed by atoms with Crippen LogP contribution < -0.4 is 0 Å². The van der Waals surface area contributed by atoms with Crippen LogP contribution in [0.4, 0.5) is 0 Å². The number of benzene rings is 1. The molecular formula is C18H22O2. The molecule has 106 valence electrons. The number of rotatable bonds is 8. The highest BCUT2D eigenvalue weighted by molar-refractivity contribution is 6.05. The molecule has 0 N–H and O–H groups in total. The lowest BCUT2D eigenvalue weighted by Crippen LogP contribution is -2.00. The predicted octanol–water partition coefficient (Wildman–Crippen LogP) is 4.30. The lowest BCUT2D eigenvalue weighted by Gasteiger charge is -2.04. The van der Waals surface area contributed by atoms with E-state index in [-0.39, 0.29) is 11.6 Å². The highest BCUT2D eigenvalue weighted by atomic mass is 16.1. The van der Waals surface area contributed by atoms with E-state index >= 15 is 0 Å². The second-order valence-electron chi connectivity index (χ2n) is 4.64. The smallest absolute Gasteiger partial charge is 0.185 e. The molecular weight excluding hydrogens is 248 g/mol. The monoisotopic (exact) mass is 270 g/mol. The summed E-state index contributed by atoms with van der Waals surface area (Å²) >= 11 is 0. The van der Waals surface area contributed by atoms with Crippen LogP contribution in [0.1, 0.15) is 49.0 Å². The van der Waals surface area contributed by atoms with Crippen molar-refractivity contribution in [2.45, 2.75) is 39.5 Å². The van der Waals surface area contributed by atoms with E-state index in [1.165, 1.54) is 0 Å². The predicted molar refractivity (Wildman–Crippen MR) is 83.0 cm³/mol. The highest BCUT2D eigenvalue weighted by Gasteiger charge is 2.06. The van der Waals surface area contributed by atoms with Gasteiger partial charge in [-0.05, 0) is 30.6 Å². The Morgan fingerprint density at radius 2 is 1.80 bits per heavy atom. The van der Waals surface area contributed by atoms with E-state index < -0.39 is 0 Å². The Kier molecular flexibility index (Phi) is 7.26. The summed E-state index contributed by atoms with van der Waals surface area (Å²) < 4.78 is 0. The molecule has 0 spiro atoms. The minimum Gasteiger partial charge on any atom is -0.295 e. The van der Waals surface area contributed by atoms with E-state index in [2.05, 4.69) is 6.92 Å². The minimum atomic E-state index is 0.0317. The van der Waals surface area contributed by atoms with Crippen molar-refractivity contribution in [3.05, 3.63) is 59.7 Å². The van der Waals surface area contributed by atoms with Gasteiger partial charge in [0.2, 0.25) is 0 Å². The van der Waals surface area contributed by atoms with Crippen molar-refractivity contribution in [2.75, 3.05) is 0 Å². The van der Waals surface area contributed by atoms with Gasteiger partial charge in [0, 0.05) is 12.0 Å². The maximum atomic E-state index is 12.1. The number of carbonyl (C=O) groups is 2. The summed E-state index contributed by atoms with van der Waals surface area (Å²) in [6, 6.07) is 7.55. The van der Waals surface area contributed by atoms with Crippen LogP contribution in [0.5, 0.6) is 0 Å². The third kappa shape index (κ3) is 5.35. The van der Waals surface area contributed by atoms with Crippen LogP contribution in [-0.2, 0) is 11.2 Å². The Morgan fingerprint density at radius 1 is 1.05 bits per heavy atom. The average Bonchev–Trinajstić information content (AvgIpc) is 2.47. The van der Waals surface area contributed by atoms with Gasteiger partial charge in [0.05, 0.1) is 0 Å². The summed E-state index contributed by atoms with van der Waals surface area (Å²) in [7, 11) is 0. The van der Waals surface area contributed by atoms with E-state index in [0.717, 1.165) is 18.4 Å². The Labute approximate surface area is 121 Å². The Balaban J connectivity index is 2.80. The van der Waals surface area contributed by atoms with Crippen molar-refractivity contribution in [3.8, 4) is 0 Å². The van der Waals surface area contributed by atoms with E-state index in [4.69, 9.17) is 0 Å². The quantitative estimate of drug-likeness (QED) is 0.521. The first kappa shape index (κ1) is 16.1. The third-order valence-electron chi connectivity index (χ3n) is 3.00. The fraction of sp³-hybridized carbons (Fsp3) is 0.333. The van der Waals surface area contributed by atoms with Crippen molar-refractivity contribution >= 4 is 11.6 Å². The van der Waals surface area contributed by atoms with Crippen molar-refractivity contribution in [1.82, 2.24) is 0 Å². The topological polar surface area (TPSA) is 34.1 Å². The summed E-state index contributed by atoms with van der Waals surface area (Å²) in [5.41, 5.74) is 1.67. The molecule has 0 heterocycles. The molecule has 0 amide bonds. The molecule has 20 heavy (non-hydrogen) atoms. The molecule has 1 aromatic carbocycles. The Bertz CT molecular complexity index is 510. The van der Waals surface area contributed by atoms with Gasteiger partial charge in [-0.25, -0.2) is 0 Å². The number of carbonyl (C=O) groups excluding carboxylic acids is 2. The van der Waals surface area contributed by atoms with Crippen molar-refractivity contribution in [2.24, 2.45) is 0 Å². The van der Waals surface area contributed by atoms with Crippen LogP contribution >= 0.6 is 0 Å². The maximum Gasteiger partial charge on any atom is 0.185 e. The number of unbranched alkanes of at least 4 members (excludes halogenated alkanes) is 1. The number of ketones is 2. The van der Waals surface area contributed by atoms with E-state index in [0.29, 0.717) is 18.4 Å². The first-order valence-corrected chi connectivity index (χ1v) is 7.17. The second kappa shape index (κ2) is 9.03.